The summed E-state index contributed by atoms with van der Waals surface area (Å²) in [7, 11) is 1.42. The number of hydrogen-bond acceptors (Lipinski definition) is 5. The van der Waals surface area contributed by atoms with Gasteiger partial charge in [0.05, 0.1) is 6.61 Å². The second-order valence-electron chi connectivity index (χ2n) is 2.82. The van der Waals surface area contributed by atoms with Crippen LogP contribution < -0.4 is 0 Å². The van der Waals surface area contributed by atoms with E-state index in [0.29, 0.717) is 18.1 Å². The Labute approximate surface area is 95.4 Å². The lowest BCUT2D eigenvalue weighted by atomic mass is 10.3. The third-order valence-electron chi connectivity index (χ3n) is 1.40. The van der Waals surface area contributed by atoms with E-state index >= 15 is 0 Å². The van der Waals surface area contributed by atoms with E-state index < -0.39 is 5.97 Å². The molecule has 0 bridgehead atoms. The van der Waals surface area contributed by atoms with Crippen molar-refractivity contribution in [2.24, 2.45) is 5.16 Å². The van der Waals surface area contributed by atoms with E-state index in [1.54, 1.807) is 13.8 Å². The molecule has 0 fully saturated rings. The van der Waals surface area contributed by atoms with Gasteiger partial charge >= 0.3 is 5.97 Å². The summed E-state index contributed by atoms with van der Waals surface area (Å²) in [6.45, 7) is 7.71. The lowest BCUT2D eigenvalue weighted by molar-refractivity contribution is -0.137. The number of hydrogen-bond donors (Lipinski definition) is 0. The molecule has 5 nitrogen and oxygen atoms in total. The molecular weight excluding hydrogens is 210 g/mol. The Morgan fingerprint density at radius 2 is 2.12 bits per heavy atom. The van der Waals surface area contributed by atoms with E-state index in [4.69, 9.17) is 9.47 Å². The number of esters is 1. The summed E-state index contributed by atoms with van der Waals surface area (Å²) < 4.78 is 9.89. The second kappa shape index (κ2) is 8.52. The first-order valence-corrected chi connectivity index (χ1v) is 4.85. The normalized spacial score (nSPS) is 11.3. The first kappa shape index (κ1) is 14.2. The summed E-state index contributed by atoms with van der Waals surface area (Å²) in [5.74, 6) is -0.0948. The van der Waals surface area contributed by atoms with Gasteiger partial charge in [-0.25, -0.2) is 4.79 Å². The van der Waals surface area contributed by atoms with Crippen LogP contribution in [0.3, 0.4) is 0 Å². The minimum atomic E-state index is -0.397. The zero-order chi connectivity index (χ0) is 12.4. The molecule has 0 N–H and O–H groups in total. The smallest absolute Gasteiger partial charge is 0.330 e. The van der Waals surface area contributed by atoms with Crippen molar-refractivity contribution in [1.82, 2.24) is 0 Å². The Hall–Kier alpha value is -1.78. The van der Waals surface area contributed by atoms with Crippen molar-refractivity contribution in [3.05, 3.63) is 24.3 Å². The van der Waals surface area contributed by atoms with Gasteiger partial charge in [0.2, 0.25) is 0 Å². The van der Waals surface area contributed by atoms with Gasteiger partial charge in [0.1, 0.15) is 13.7 Å². The average molecular weight is 227 g/mol. The number of carbonyl (C=O) groups is 1. The molecule has 5 heteroatoms. The summed E-state index contributed by atoms with van der Waals surface area (Å²) in [6.07, 6.45) is 2.83. The highest BCUT2D eigenvalue weighted by Gasteiger charge is 2.00. The maximum atomic E-state index is 10.9. The van der Waals surface area contributed by atoms with Gasteiger partial charge in [0.15, 0.2) is 0 Å². The average Bonchev–Trinajstić information content (AvgIpc) is 2.22. The molecule has 0 amide bonds. The molecule has 0 aromatic heterocycles. The highest BCUT2D eigenvalue weighted by Crippen LogP contribution is 1.96. The van der Waals surface area contributed by atoms with Crippen molar-refractivity contribution < 1.29 is 19.1 Å². The highest BCUT2D eigenvalue weighted by atomic mass is 16.6. The number of ether oxygens (including phenoxy) is 2. The Morgan fingerprint density at radius 1 is 1.44 bits per heavy atom. The lowest BCUT2D eigenvalue weighted by Gasteiger charge is -2.04. The Morgan fingerprint density at radius 3 is 2.62 bits per heavy atom. The van der Waals surface area contributed by atoms with E-state index in [1.165, 1.54) is 19.3 Å². The van der Waals surface area contributed by atoms with Crippen molar-refractivity contribution in [1.29, 1.82) is 0 Å². The van der Waals surface area contributed by atoms with Gasteiger partial charge in [0.25, 0.3) is 5.90 Å². The van der Waals surface area contributed by atoms with Crippen LogP contribution in [0.2, 0.25) is 0 Å². The maximum absolute atomic E-state index is 10.9. The van der Waals surface area contributed by atoms with Crippen molar-refractivity contribution in [2.45, 2.75) is 13.8 Å². The van der Waals surface area contributed by atoms with Gasteiger partial charge in [-0.05, 0) is 25.1 Å². The van der Waals surface area contributed by atoms with Crippen LogP contribution in [0.1, 0.15) is 13.8 Å². The van der Waals surface area contributed by atoms with Gasteiger partial charge in [-0.3, -0.25) is 0 Å². The van der Waals surface area contributed by atoms with Crippen molar-refractivity contribution in [3.8, 4) is 0 Å². The molecule has 0 aromatic carbocycles. The fraction of sp³-hybridized carbons (Fsp3) is 0.455. The molecule has 0 heterocycles. The summed E-state index contributed by atoms with van der Waals surface area (Å²) in [5.41, 5.74) is 0.645. The van der Waals surface area contributed by atoms with Crippen LogP contribution in [0.15, 0.2) is 29.5 Å². The molecule has 0 spiro atoms. The molecule has 0 rings (SSSR count). The van der Waals surface area contributed by atoms with Gasteiger partial charge < -0.3 is 14.3 Å². The number of carbonyl (C=O) groups excluding carboxylic acids is 1. The summed E-state index contributed by atoms with van der Waals surface area (Å²) in [4.78, 5) is 15.5. The lowest BCUT2D eigenvalue weighted by Crippen LogP contribution is -2.07. The molecule has 0 aromatic rings. The quantitative estimate of drug-likeness (QED) is 0.228. The largest absolute Gasteiger partial charge is 0.471 e. The van der Waals surface area contributed by atoms with Crippen LogP contribution in [0, 0.1) is 0 Å². The Bertz CT molecular complexity index is 294. The molecule has 0 unspecified atom stereocenters. The van der Waals surface area contributed by atoms with E-state index in [9.17, 15) is 4.79 Å². The molecular formula is C11H17NO4. The fourth-order valence-corrected chi connectivity index (χ4v) is 0.772. The van der Waals surface area contributed by atoms with Gasteiger partial charge in [0, 0.05) is 11.6 Å². The Balaban J connectivity index is 4.00. The van der Waals surface area contributed by atoms with Gasteiger partial charge in [-0.1, -0.05) is 6.58 Å². The van der Waals surface area contributed by atoms with Crippen molar-refractivity contribution in [2.75, 3.05) is 20.3 Å². The predicted molar refractivity (Wildman–Crippen MR) is 61.0 cm³/mol. The first-order chi connectivity index (χ1) is 7.61. The number of rotatable bonds is 6. The van der Waals surface area contributed by atoms with Crippen LogP contribution in [0.5, 0.6) is 0 Å². The monoisotopic (exact) mass is 227 g/mol. The summed E-state index contributed by atoms with van der Waals surface area (Å²) in [5, 5.41) is 3.62. The van der Waals surface area contributed by atoms with Crippen LogP contribution >= 0.6 is 0 Å². The molecule has 0 atom stereocenters. The zero-order valence-electron chi connectivity index (χ0n) is 9.86. The summed E-state index contributed by atoms with van der Waals surface area (Å²) >= 11 is 0. The standard InChI is InChI=1S/C11H17NO4/c1-5-15-10(13)7-6-8-16-11(9(2)3)12-14-4/h6-7H,2,5,8H2,1,3-4H3/b7-6+,12-11+. The fourth-order valence-electron chi connectivity index (χ4n) is 0.772. The van der Waals surface area contributed by atoms with Gasteiger partial charge in [-0.2, -0.15) is 0 Å². The van der Waals surface area contributed by atoms with E-state index in [0.717, 1.165) is 0 Å². The number of oxime groups is 1. The molecule has 0 aliphatic heterocycles. The molecule has 0 radical (unpaired) electrons. The van der Waals surface area contributed by atoms with Crippen molar-refractivity contribution >= 4 is 11.9 Å². The van der Waals surface area contributed by atoms with Crippen LogP contribution in [0.25, 0.3) is 0 Å². The molecule has 16 heavy (non-hydrogen) atoms. The van der Waals surface area contributed by atoms with Crippen LogP contribution in [0.4, 0.5) is 0 Å². The zero-order valence-corrected chi connectivity index (χ0v) is 9.86. The molecule has 0 saturated heterocycles. The van der Waals surface area contributed by atoms with Crippen molar-refractivity contribution in [3.63, 3.8) is 0 Å². The maximum Gasteiger partial charge on any atom is 0.330 e. The van der Waals surface area contributed by atoms with E-state index in [2.05, 4.69) is 16.6 Å². The van der Waals surface area contributed by atoms with Gasteiger partial charge in [-0.15, -0.1) is 0 Å². The topological polar surface area (TPSA) is 57.1 Å². The first-order valence-electron chi connectivity index (χ1n) is 4.85. The van der Waals surface area contributed by atoms with Crippen LogP contribution in [-0.2, 0) is 19.1 Å². The van der Waals surface area contributed by atoms with E-state index in [-0.39, 0.29) is 6.61 Å². The molecule has 0 saturated carbocycles. The SMILES string of the molecule is C=C(C)/C(=N\OC)OC/C=C/C(=O)OCC. The Kier molecular flexibility index (Phi) is 7.57. The number of nitrogens with zero attached hydrogens (tertiary/aromatic N) is 1. The summed E-state index contributed by atoms with van der Waals surface area (Å²) in [6, 6.07) is 0. The third-order valence-corrected chi connectivity index (χ3v) is 1.40. The third kappa shape index (κ3) is 6.64. The molecule has 90 valence electrons. The second-order valence-corrected chi connectivity index (χ2v) is 2.82. The molecule has 0 aliphatic carbocycles. The highest BCUT2D eigenvalue weighted by molar-refractivity contribution is 5.91. The predicted octanol–water partition coefficient (Wildman–Crippen LogP) is 1.66. The van der Waals surface area contributed by atoms with E-state index in [1.807, 2.05) is 0 Å². The minimum Gasteiger partial charge on any atom is -0.471 e. The molecule has 0 aliphatic rings. The van der Waals surface area contributed by atoms with Crippen LogP contribution in [-0.4, -0.2) is 32.2 Å². The minimum absolute atomic E-state index is 0.202.